The van der Waals surface area contributed by atoms with Crippen molar-refractivity contribution in [3.8, 4) is 28.4 Å². The first-order valence-corrected chi connectivity index (χ1v) is 51.8. The lowest BCUT2D eigenvalue weighted by molar-refractivity contribution is 0.668. The molecule has 0 saturated heterocycles. The standard InChI is InChI=1S/2C36H22Br2N2S2.C29H11Br2NO2S5/c1-19-3-9-23(10-4-19)39-29-17-28-30(18-27(29)35-33(39)25-13-7-21(37)15-31(25)41-35)40(24-11-5-20(2)6-12-24)34-26-14-8-22(38)16-32(26)42-36(28)34;1-19-3-9-23(10-4-19)39-29-15-21(37)7-13-25(29)35-33(39)27-17-32-28(18-31(27)41-35)34-36(42-32)26-14-8-22(38)16-30(26)40(34)24-11-5-20(2)6-12-24;1-10-2-4-11(5-3-10)32-20-12-6-15-13(24-23(34-15)28-29(39-24)26-17(36-28)9-19(31)38-26)7-14(12)33-22(20)27-21(32)25-16(35-27)8-18(30)37-25/h2*3-18H,1-2H3;2-9H,1H3. The maximum Gasteiger partial charge on any atom is 0.171 e. The third kappa shape index (κ3) is 11.4. The second-order valence-electron chi connectivity index (χ2n) is 31.8. The van der Waals surface area contributed by atoms with Crippen LogP contribution in [-0.4, -0.2) is 22.8 Å². The van der Waals surface area contributed by atoms with Crippen molar-refractivity contribution in [1.29, 1.82) is 0 Å². The topological polar surface area (TPSA) is 50.9 Å². The minimum absolute atomic E-state index is 0.900. The predicted molar refractivity (Wildman–Crippen MR) is 561 cm³/mol. The summed E-state index contributed by atoms with van der Waals surface area (Å²) in [6.07, 6.45) is 0. The predicted octanol–water partition coefficient (Wildman–Crippen LogP) is 37.9. The van der Waals surface area contributed by atoms with E-state index in [2.05, 4.69) is 396 Å². The summed E-state index contributed by atoms with van der Waals surface area (Å²) in [5.41, 5.74) is 28.4. The first-order valence-electron chi connectivity index (χ1n) is 39.7. The number of thiophene rings is 9. The number of hydrogen-bond donors (Lipinski definition) is 0. The average Bonchev–Trinajstić information content (AvgIpc) is 1.54. The number of nitrogens with zero attached hydrogens (tertiary/aromatic N) is 5. The van der Waals surface area contributed by atoms with Gasteiger partial charge in [-0.25, -0.2) is 0 Å². The maximum atomic E-state index is 6.72. The van der Waals surface area contributed by atoms with Gasteiger partial charge in [-0.15, -0.1) is 102 Å². The smallest absolute Gasteiger partial charge is 0.171 e. The number of fused-ring (bicyclic) bond motifs is 34. The molecule has 592 valence electrons. The van der Waals surface area contributed by atoms with Crippen LogP contribution in [0.1, 0.15) is 27.8 Å². The number of rotatable bonds is 5. The number of aryl methyl sites for hydroxylation is 5. The zero-order chi connectivity index (χ0) is 82.3. The van der Waals surface area contributed by atoms with E-state index in [9.17, 15) is 0 Å². The van der Waals surface area contributed by atoms with Gasteiger partial charge in [0.1, 0.15) is 16.7 Å². The van der Waals surface area contributed by atoms with E-state index in [1.165, 1.54) is 222 Å². The minimum Gasteiger partial charge on any atom is -0.454 e. The van der Waals surface area contributed by atoms with Crippen LogP contribution in [0.4, 0.5) is 0 Å². The van der Waals surface area contributed by atoms with E-state index in [-0.39, 0.29) is 0 Å². The zero-order valence-electron chi connectivity index (χ0n) is 65.1. The molecule has 0 saturated carbocycles. The minimum atomic E-state index is 0.900. The van der Waals surface area contributed by atoms with E-state index in [4.69, 9.17) is 8.83 Å². The van der Waals surface area contributed by atoms with Crippen LogP contribution in [0.5, 0.6) is 0 Å². The van der Waals surface area contributed by atoms with Crippen molar-refractivity contribution in [1.82, 2.24) is 22.8 Å². The van der Waals surface area contributed by atoms with Crippen LogP contribution in [0.3, 0.4) is 0 Å². The van der Waals surface area contributed by atoms with Crippen LogP contribution in [0, 0.1) is 34.6 Å². The van der Waals surface area contributed by atoms with Gasteiger partial charge < -0.3 is 31.7 Å². The van der Waals surface area contributed by atoms with Crippen molar-refractivity contribution in [3.63, 3.8) is 0 Å². The molecule has 28 aromatic rings. The van der Waals surface area contributed by atoms with Crippen LogP contribution in [-0.2, 0) is 0 Å². The Balaban J connectivity index is 0.0000000990. The number of halogens is 6. The molecule has 0 unspecified atom stereocenters. The van der Waals surface area contributed by atoms with E-state index in [1.54, 1.807) is 34.0 Å². The monoisotopic (exact) mass is 2130 g/mol. The number of benzene rings is 12. The van der Waals surface area contributed by atoms with Crippen LogP contribution < -0.4 is 0 Å². The molecule has 0 bridgehead atoms. The Bertz CT molecular complexity index is 9100. The van der Waals surface area contributed by atoms with Gasteiger partial charge in [0.25, 0.3) is 0 Å². The van der Waals surface area contributed by atoms with Crippen LogP contribution in [0.2, 0.25) is 0 Å². The summed E-state index contributed by atoms with van der Waals surface area (Å²) >= 11 is 38.9. The van der Waals surface area contributed by atoms with Crippen molar-refractivity contribution >= 4 is 404 Å². The van der Waals surface area contributed by atoms with Crippen LogP contribution in [0.25, 0.3) is 235 Å². The fourth-order valence-corrected chi connectivity index (χ4v) is 33.2. The Morgan fingerprint density at radius 1 is 0.203 bits per heavy atom. The molecule has 22 heteroatoms. The summed E-state index contributed by atoms with van der Waals surface area (Å²) < 4.78 is 53.1. The zero-order valence-corrected chi connectivity index (χ0v) is 82.0. The largest absolute Gasteiger partial charge is 0.454 e. The molecule has 12 aromatic carbocycles. The van der Waals surface area contributed by atoms with Gasteiger partial charge in [0.05, 0.1) is 104 Å². The van der Waals surface area contributed by atoms with E-state index in [0.717, 1.165) is 66.0 Å². The van der Waals surface area contributed by atoms with Crippen LogP contribution >= 0.6 is 198 Å². The highest BCUT2D eigenvalue weighted by atomic mass is 79.9. The molecule has 0 atom stereocenters. The Kier molecular flexibility index (Phi) is 17.1. The lowest BCUT2D eigenvalue weighted by Crippen LogP contribution is -1.95. The molecule has 16 heterocycles. The van der Waals surface area contributed by atoms with Gasteiger partial charge in [-0.2, -0.15) is 0 Å². The second-order valence-corrected chi connectivity index (χ2v) is 47.7. The summed E-state index contributed by atoms with van der Waals surface area (Å²) in [6, 6.07) is 89.7. The summed E-state index contributed by atoms with van der Waals surface area (Å²) in [6.45, 7) is 10.7. The fraction of sp³-hybridized carbons (Fsp3) is 0.0495. The normalized spacial score (nSPS) is 12.5. The van der Waals surface area contributed by atoms with E-state index in [1.807, 2.05) is 68.0 Å². The van der Waals surface area contributed by atoms with Gasteiger partial charge >= 0.3 is 0 Å². The molecule has 0 amide bonds. The Morgan fingerprint density at radius 2 is 0.545 bits per heavy atom. The molecule has 0 N–H and O–H groups in total. The molecular weight excluding hydrogens is 2080 g/mol. The molecule has 0 spiro atoms. The van der Waals surface area contributed by atoms with Crippen molar-refractivity contribution in [3.05, 3.63) is 296 Å². The SMILES string of the molecule is Cc1ccc(-n2c3c4cc5oc6c(sc7c8sc(Br)cc8sc67)c5cc4oc3c3sc4cc(Br)sc4c32)cc1.Cc1ccc(-n2c3cc(Br)ccc3c3sc4cc5c(cc4c32)sc2c3ccc(Br)cc3n(-c3ccc(C)cc3)c52)cc1.Cc1ccc(-n2c3cc4c5sc6cc(Br)ccc6c5n(-c5ccc(C)cc5)c4cc3c3sc4cc(Br)ccc4c32)cc1. The molecule has 7 nitrogen and oxygen atoms in total. The van der Waals surface area contributed by atoms with Crippen molar-refractivity contribution in [2.45, 2.75) is 34.6 Å². The number of furan rings is 2. The lowest BCUT2D eigenvalue weighted by atomic mass is 10.1. The fourth-order valence-electron chi connectivity index (χ4n) is 18.5. The molecule has 0 fully saturated rings. The first-order chi connectivity index (χ1) is 59.9. The third-order valence-corrected chi connectivity index (χ3v) is 38.1. The Labute approximate surface area is 785 Å². The van der Waals surface area contributed by atoms with E-state index >= 15 is 0 Å². The van der Waals surface area contributed by atoms with Gasteiger partial charge in [-0.05, 0) is 224 Å². The molecule has 0 aliphatic heterocycles. The summed E-state index contributed by atoms with van der Waals surface area (Å²) in [7, 11) is 0. The Morgan fingerprint density at radius 3 is 1.00 bits per heavy atom. The third-order valence-electron chi connectivity index (χ3n) is 24.1. The first kappa shape index (κ1) is 75.3. The molecule has 0 aliphatic carbocycles. The summed E-state index contributed by atoms with van der Waals surface area (Å²) in [5, 5.41) is 12.6. The second kappa shape index (κ2) is 28.0. The average molecular weight is 2140 g/mol. The van der Waals surface area contributed by atoms with E-state index in [0.29, 0.717) is 0 Å². The summed E-state index contributed by atoms with van der Waals surface area (Å²) in [4.78, 5) is 0. The van der Waals surface area contributed by atoms with Gasteiger partial charge in [0.2, 0.25) is 0 Å². The molecule has 28 rings (SSSR count). The highest BCUT2D eigenvalue weighted by Gasteiger charge is 2.31. The molecule has 0 aliphatic rings. The number of aromatic nitrogens is 5. The highest BCUT2D eigenvalue weighted by Crippen LogP contribution is 2.57. The molecule has 123 heavy (non-hydrogen) atoms. The van der Waals surface area contributed by atoms with Gasteiger partial charge in [0.15, 0.2) is 11.2 Å². The molecular formula is C101H55Br6N5O2S9. The van der Waals surface area contributed by atoms with Gasteiger partial charge in [0, 0.05) is 128 Å². The number of hydrogen-bond acceptors (Lipinski definition) is 11. The van der Waals surface area contributed by atoms with Crippen molar-refractivity contribution in [2.24, 2.45) is 0 Å². The lowest BCUT2D eigenvalue weighted by Gasteiger charge is -2.10. The quantitative estimate of drug-likeness (QED) is 0.172. The van der Waals surface area contributed by atoms with Gasteiger partial charge in [-0.1, -0.05) is 176 Å². The maximum absolute atomic E-state index is 6.72. The molecule has 16 aromatic heterocycles. The van der Waals surface area contributed by atoms with Crippen LogP contribution in [0.15, 0.2) is 277 Å². The van der Waals surface area contributed by atoms with Gasteiger partial charge in [-0.3, -0.25) is 0 Å². The van der Waals surface area contributed by atoms with Crippen molar-refractivity contribution < 1.29 is 8.83 Å². The summed E-state index contributed by atoms with van der Waals surface area (Å²) in [5.74, 6) is 0. The Hall–Kier alpha value is -9.02. The molecule has 0 radical (unpaired) electrons. The van der Waals surface area contributed by atoms with Crippen molar-refractivity contribution in [2.75, 3.05) is 0 Å². The highest BCUT2D eigenvalue weighted by molar-refractivity contribution is 9.11. The van der Waals surface area contributed by atoms with E-state index < -0.39 is 0 Å².